The van der Waals surface area contributed by atoms with Crippen LogP contribution in [0.1, 0.15) is 64.2 Å². The Labute approximate surface area is 83.4 Å². The third-order valence-electron chi connectivity index (χ3n) is 2.72. The van der Waals surface area contributed by atoms with Crippen LogP contribution in [0.3, 0.4) is 0 Å². The Hall–Kier alpha value is -0.260. The summed E-state index contributed by atoms with van der Waals surface area (Å²) in [5, 5.41) is 0. The van der Waals surface area contributed by atoms with Crippen LogP contribution < -0.4 is 0 Å². The zero-order valence-corrected chi connectivity index (χ0v) is 8.80. The molecule has 0 aromatic heterocycles. The van der Waals surface area contributed by atoms with Gasteiger partial charge in [-0.3, -0.25) is 0 Å². The first-order valence-electron chi connectivity index (χ1n) is 5.97. The lowest BCUT2D eigenvalue weighted by Crippen LogP contribution is -1.81. The third kappa shape index (κ3) is 6.86. The molecule has 0 N–H and O–H groups in total. The Balaban J connectivity index is 2.09. The van der Waals surface area contributed by atoms with Gasteiger partial charge in [0.1, 0.15) is 0 Å². The summed E-state index contributed by atoms with van der Waals surface area (Å²) in [5.74, 6) is 0. The van der Waals surface area contributed by atoms with Crippen molar-refractivity contribution in [3.8, 4) is 0 Å². The van der Waals surface area contributed by atoms with E-state index < -0.39 is 0 Å². The maximum atomic E-state index is 2.49. The van der Waals surface area contributed by atoms with Crippen LogP contribution in [0, 0.1) is 6.42 Å². The SMILES string of the molecule is [CH]1CCCC/C=C\CCCCCC1. The lowest BCUT2D eigenvalue weighted by molar-refractivity contribution is 0.628. The van der Waals surface area contributed by atoms with E-state index in [2.05, 4.69) is 18.6 Å². The molecule has 1 aliphatic carbocycles. The van der Waals surface area contributed by atoms with Gasteiger partial charge in [0.15, 0.2) is 0 Å². The topological polar surface area (TPSA) is 0 Å². The van der Waals surface area contributed by atoms with Crippen LogP contribution in [0.5, 0.6) is 0 Å². The molecule has 0 bridgehead atoms. The van der Waals surface area contributed by atoms with E-state index in [-0.39, 0.29) is 0 Å². The van der Waals surface area contributed by atoms with Crippen LogP contribution in [-0.2, 0) is 0 Å². The molecule has 0 fully saturated rings. The summed E-state index contributed by atoms with van der Waals surface area (Å²) in [5.41, 5.74) is 0. The van der Waals surface area contributed by atoms with Gasteiger partial charge in [0.25, 0.3) is 0 Å². The second-order valence-electron chi connectivity index (χ2n) is 4.04. The second kappa shape index (κ2) is 8.34. The van der Waals surface area contributed by atoms with Crippen molar-refractivity contribution in [2.24, 2.45) is 0 Å². The van der Waals surface area contributed by atoms with Gasteiger partial charge in [-0.2, -0.15) is 0 Å². The highest BCUT2D eigenvalue weighted by atomic mass is 14.0. The molecule has 13 heavy (non-hydrogen) atoms. The van der Waals surface area contributed by atoms with Crippen molar-refractivity contribution in [1.82, 2.24) is 0 Å². The van der Waals surface area contributed by atoms with E-state index >= 15 is 0 Å². The van der Waals surface area contributed by atoms with E-state index in [1.807, 2.05) is 0 Å². The average molecular weight is 179 g/mol. The van der Waals surface area contributed by atoms with Gasteiger partial charge < -0.3 is 0 Å². The molecule has 0 unspecified atom stereocenters. The second-order valence-corrected chi connectivity index (χ2v) is 4.04. The molecular weight excluding hydrogens is 156 g/mol. The first kappa shape index (κ1) is 10.8. The lowest BCUT2D eigenvalue weighted by atomic mass is 10.1. The molecule has 0 heteroatoms. The van der Waals surface area contributed by atoms with E-state index in [9.17, 15) is 0 Å². The average Bonchev–Trinajstić information content (AvgIpc) is 2.18. The van der Waals surface area contributed by atoms with E-state index in [0.29, 0.717) is 0 Å². The van der Waals surface area contributed by atoms with Gasteiger partial charge in [0.05, 0.1) is 0 Å². The summed E-state index contributed by atoms with van der Waals surface area (Å²) in [6, 6.07) is 0. The normalized spacial score (nSPS) is 25.2. The minimum atomic E-state index is 1.30. The smallest absolute Gasteiger partial charge is 0.0351 e. The van der Waals surface area contributed by atoms with Gasteiger partial charge >= 0.3 is 0 Å². The fraction of sp³-hybridized carbons (Fsp3) is 0.769. The Morgan fingerprint density at radius 3 is 1.62 bits per heavy atom. The molecule has 1 rings (SSSR count). The predicted molar refractivity (Wildman–Crippen MR) is 59.6 cm³/mol. The largest absolute Gasteiger partial charge is 0.0885 e. The summed E-state index contributed by atoms with van der Waals surface area (Å²) < 4.78 is 0. The quantitative estimate of drug-likeness (QED) is 0.474. The van der Waals surface area contributed by atoms with Crippen molar-refractivity contribution >= 4 is 0 Å². The van der Waals surface area contributed by atoms with Crippen LogP contribution in [0.15, 0.2) is 12.2 Å². The van der Waals surface area contributed by atoms with Crippen molar-refractivity contribution in [3.05, 3.63) is 18.6 Å². The third-order valence-corrected chi connectivity index (χ3v) is 2.72. The summed E-state index contributed by atoms with van der Waals surface area (Å²) in [6.07, 6.45) is 21.0. The van der Waals surface area contributed by atoms with Gasteiger partial charge in [-0.05, 0) is 32.1 Å². The maximum Gasteiger partial charge on any atom is -0.0351 e. The molecule has 0 nitrogen and oxygen atoms in total. The van der Waals surface area contributed by atoms with Crippen molar-refractivity contribution in [2.75, 3.05) is 0 Å². The lowest BCUT2D eigenvalue weighted by Gasteiger charge is -1.99. The standard InChI is InChI=1S/C13H23/c1-2-4-6-8-10-12-13-11-9-7-5-3-1/h1-2,11H,3-10,12-13H2/b2-1-. The van der Waals surface area contributed by atoms with Crippen LogP contribution in [0.4, 0.5) is 0 Å². The molecule has 1 radical (unpaired) electrons. The van der Waals surface area contributed by atoms with E-state index in [1.54, 1.807) is 0 Å². The number of rotatable bonds is 0. The molecule has 0 saturated carbocycles. The van der Waals surface area contributed by atoms with E-state index in [1.165, 1.54) is 64.2 Å². The summed E-state index contributed by atoms with van der Waals surface area (Å²) in [4.78, 5) is 0. The molecule has 0 heterocycles. The van der Waals surface area contributed by atoms with Crippen molar-refractivity contribution in [3.63, 3.8) is 0 Å². The zero-order chi connectivity index (χ0) is 9.19. The number of hydrogen-bond acceptors (Lipinski definition) is 0. The van der Waals surface area contributed by atoms with Crippen molar-refractivity contribution in [2.45, 2.75) is 64.2 Å². The van der Waals surface area contributed by atoms with Crippen LogP contribution >= 0.6 is 0 Å². The van der Waals surface area contributed by atoms with Gasteiger partial charge in [-0.25, -0.2) is 0 Å². The minimum absolute atomic E-state index is 1.30. The van der Waals surface area contributed by atoms with Crippen LogP contribution in [0.25, 0.3) is 0 Å². The number of allylic oxidation sites excluding steroid dienone is 2. The van der Waals surface area contributed by atoms with Crippen LogP contribution in [0.2, 0.25) is 0 Å². The van der Waals surface area contributed by atoms with E-state index in [4.69, 9.17) is 0 Å². The number of hydrogen-bond donors (Lipinski definition) is 0. The molecule has 0 aromatic carbocycles. The highest BCUT2D eigenvalue weighted by Crippen LogP contribution is 2.12. The van der Waals surface area contributed by atoms with Crippen molar-refractivity contribution < 1.29 is 0 Å². The van der Waals surface area contributed by atoms with Gasteiger partial charge in [0.2, 0.25) is 0 Å². The van der Waals surface area contributed by atoms with Crippen molar-refractivity contribution in [1.29, 1.82) is 0 Å². The maximum absolute atomic E-state index is 2.49. The Morgan fingerprint density at radius 2 is 0.923 bits per heavy atom. The van der Waals surface area contributed by atoms with Gasteiger partial charge in [-0.1, -0.05) is 50.7 Å². The highest BCUT2D eigenvalue weighted by Gasteiger charge is 1.93. The predicted octanol–water partition coefficient (Wildman–Crippen LogP) is 4.66. The van der Waals surface area contributed by atoms with Crippen LogP contribution in [-0.4, -0.2) is 0 Å². The minimum Gasteiger partial charge on any atom is -0.0885 e. The molecule has 0 aliphatic heterocycles. The summed E-state index contributed by atoms with van der Waals surface area (Å²) >= 11 is 0. The van der Waals surface area contributed by atoms with E-state index in [0.717, 1.165) is 0 Å². The fourth-order valence-electron chi connectivity index (χ4n) is 1.84. The first-order valence-corrected chi connectivity index (χ1v) is 5.97. The molecule has 0 saturated heterocycles. The molecule has 0 spiro atoms. The molecule has 0 aromatic rings. The Kier molecular flexibility index (Phi) is 6.94. The Bertz CT molecular complexity index is 110. The molecular formula is C13H23. The zero-order valence-electron chi connectivity index (χ0n) is 8.80. The van der Waals surface area contributed by atoms with Gasteiger partial charge in [0, 0.05) is 0 Å². The highest BCUT2D eigenvalue weighted by molar-refractivity contribution is 4.81. The Morgan fingerprint density at radius 1 is 0.462 bits per heavy atom. The molecule has 0 atom stereocenters. The summed E-state index contributed by atoms with van der Waals surface area (Å²) in [7, 11) is 0. The monoisotopic (exact) mass is 179 g/mol. The molecule has 0 amide bonds. The molecule has 1 aliphatic rings. The molecule has 75 valence electrons. The first-order chi connectivity index (χ1) is 6.50. The summed E-state index contributed by atoms with van der Waals surface area (Å²) in [6.45, 7) is 0. The fourth-order valence-corrected chi connectivity index (χ4v) is 1.84. The van der Waals surface area contributed by atoms with Gasteiger partial charge in [-0.15, -0.1) is 0 Å².